The molecule has 1 amide bonds. The molecular weight excluding hydrogens is 478 g/mol. The minimum absolute atomic E-state index is 0.0269. The quantitative estimate of drug-likeness (QED) is 0.294. The van der Waals surface area contributed by atoms with Crippen molar-refractivity contribution in [3.05, 3.63) is 59.5 Å². The van der Waals surface area contributed by atoms with Crippen LogP contribution in [0.15, 0.2) is 26.5 Å². The number of nitrogens with zero attached hydrogens (tertiary/aromatic N) is 4. The van der Waals surface area contributed by atoms with Crippen LogP contribution in [0.1, 0.15) is 22.4 Å². The van der Waals surface area contributed by atoms with Crippen LogP contribution in [0.2, 0.25) is 0 Å². The molecule has 12 nitrogen and oxygen atoms in total. The highest BCUT2D eigenvalue weighted by atomic mass is 79.9. The van der Waals surface area contributed by atoms with Crippen molar-refractivity contribution in [3.8, 4) is 17.6 Å². The number of ether oxygens (including phenoxy) is 1. The van der Waals surface area contributed by atoms with Crippen LogP contribution in [0, 0.1) is 28.4 Å². The first-order valence-electron chi connectivity index (χ1n) is 8.45. The van der Waals surface area contributed by atoms with Gasteiger partial charge in [0.1, 0.15) is 23.9 Å². The minimum Gasteiger partial charge on any atom is -0.507 e. The number of halogens is 1. The molecule has 0 atom stereocenters. The monoisotopic (exact) mass is 493 g/mol. The Morgan fingerprint density at radius 3 is 2.71 bits per heavy atom. The van der Waals surface area contributed by atoms with Crippen molar-refractivity contribution < 1.29 is 24.7 Å². The van der Waals surface area contributed by atoms with Gasteiger partial charge in [0, 0.05) is 40.5 Å². The molecule has 0 spiro atoms. The molecule has 0 fully saturated rings. The Balaban J connectivity index is 2.26. The SMILES string of the molecule is COCc1c(Br)c(C)n(CC(=O)N/N=C/c2cc([N+](=O)[O-])c(O)cc2O)c(=O)c1C#N. The number of methoxy groups -OCH3 is 1. The van der Waals surface area contributed by atoms with E-state index in [9.17, 15) is 35.2 Å². The molecule has 3 N–H and O–H groups in total. The van der Waals surface area contributed by atoms with E-state index in [0.29, 0.717) is 15.7 Å². The van der Waals surface area contributed by atoms with Gasteiger partial charge in [0.2, 0.25) is 0 Å². The van der Waals surface area contributed by atoms with E-state index in [0.717, 1.165) is 22.9 Å². The fourth-order valence-electron chi connectivity index (χ4n) is 2.63. The molecular formula is C18H16BrN5O7. The number of phenols is 2. The van der Waals surface area contributed by atoms with Gasteiger partial charge in [-0.2, -0.15) is 10.4 Å². The molecule has 0 unspecified atom stereocenters. The second-order valence-corrected chi connectivity index (χ2v) is 6.93. The molecule has 2 rings (SSSR count). The van der Waals surface area contributed by atoms with Gasteiger partial charge in [0.15, 0.2) is 5.75 Å². The van der Waals surface area contributed by atoms with Crippen molar-refractivity contribution >= 4 is 33.7 Å². The number of hydrogen-bond donors (Lipinski definition) is 3. The third kappa shape index (κ3) is 5.05. The highest BCUT2D eigenvalue weighted by molar-refractivity contribution is 9.10. The van der Waals surface area contributed by atoms with Gasteiger partial charge in [-0.25, -0.2) is 5.43 Å². The third-order valence-electron chi connectivity index (χ3n) is 4.16. The maximum atomic E-state index is 12.6. The van der Waals surface area contributed by atoms with Crippen molar-refractivity contribution in [2.24, 2.45) is 5.10 Å². The number of nitro benzene ring substituents is 1. The Morgan fingerprint density at radius 1 is 1.45 bits per heavy atom. The van der Waals surface area contributed by atoms with Crippen LogP contribution < -0.4 is 11.0 Å². The minimum atomic E-state index is -0.849. The Bertz CT molecular complexity index is 1180. The average molecular weight is 494 g/mol. The smallest absolute Gasteiger partial charge is 0.311 e. The topological polar surface area (TPSA) is 180 Å². The van der Waals surface area contributed by atoms with E-state index >= 15 is 0 Å². The summed E-state index contributed by atoms with van der Waals surface area (Å²) < 4.78 is 6.54. The predicted octanol–water partition coefficient (Wildman–Crippen LogP) is 1.41. The Morgan fingerprint density at radius 2 is 2.13 bits per heavy atom. The van der Waals surface area contributed by atoms with E-state index in [1.165, 1.54) is 7.11 Å². The molecule has 0 radical (unpaired) electrons. The van der Waals surface area contributed by atoms with Crippen LogP contribution in [0.3, 0.4) is 0 Å². The summed E-state index contributed by atoms with van der Waals surface area (Å²) in [5, 5.41) is 43.0. The number of hydrogen-bond acceptors (Lipinski definition) is 9. The molecule has 0 bridgehead atoms. The first-order valence-corrected chi connectivity index (χ1v) is 9.24. The molecule has 162 valence electrons. The number of benzene rings is 1. The normalized spacial score (nSPS) is 10.8. The molecule has 0 aliphatic rings. The lowest BCUT2D eigenvalue weighted by molar-refractivity contribution is -0.385. The van der Waals surface area contributed by atoms with E-state index in [4.69, 9.17) is 4.74 Å². The summed E-state index contributed by atoms with van der Waals surface area (Å²) >= 11 is 3.31. The molecule has 31 heavy (non-hydrogen) atoms. The molecule has 0 aliphatic carbocycles. The van der Waals surface area contributed by atoms with Crippen LogP contribution in [-0.2, 0) is 22.7 Å². The molecule has 2 aromatic rings. The summed E-state index contributed by atoms with van der Waals surface area (Å²) in [5.74, 6) is -1.96. The van der Waals surface area contributed by atoms with Crippen LogP contribution in [-0.4, -0.2) is 38.9 Å². The van der Waals surface area contributed by atoms with Gasteiger partial charge in [0.05, 0.1) is 17.7 Å². The zero-order valence-corrected chi connectivity index (χ0v) is 17.8. The lowest BCUT2D eigenvalue weighted by atomic mass is 10.1. The van der Waals surface area contributed by atoms with Gasteiger partial charge in [-0.1, -0.05) is 0 Å². The lowest BCUT2D eigenvalue weighted by Crippen LogP contribution is -2.33. The number of aromatic nitrogens is 1. The van der Waals surface area contributed by atoms with Gasteiger partial charge in [-0.05, 0) is 22.9 Å². The highest BCUT2D eigenvalue weighted by Gasteiger charge is 2.20. The fourth-order valence-corrected chi connectivity index (χ4v) is 3.16. The van der Waals surface area contributed by atoms with Gasteiger partial charge >= 0.3 is 5.69 Å². The number of nitrogens with one attached hydrogen (secondary N) is 1. The summed E-state index contributed by atoms with van der Waals surface area (Å²) in [5.41, 5.74) is 1.25. The summed E-state index contributed by atoms with van der Waals surface area (Å²) in [6, 6.07) is 3.46. The number of pyridine rings is 1. The number of hydrazone groups is 1. The second-order valence-electron chi connectivity index (χ2n) is 6.14. The number of amides is 1. The van der Waals surface area contributed by atoms with Crippen LogP contribution in [0.4, 0.5) is 5.69 Å². The van der Waals surface area contributed by atoms with Crippen LogP contribution >= 0.6 is 15.9 Å². The van der Waals surface area contributed by atoms with E-state index in [-0.39, 0.29) is 17.7 Å². The maximum absolute atomic E-state index is 12.6. The largest absolute Gasteiger partial charge is 0.507 e. The van der Waals surface area contributed by atoms with Gasteiger partial charge in [-0.3, -0.25) is 19.7 Å². The van der Waals surface area contributed by atoms with Crippen molar-refractivity contribution in [2.75, 3.05) is 7.11 Å². The number of rotatable bonds is 7. The molecule has 0 saturated heterocycles. The number of carbonyl (C=O) groups is 1. The molecule has 1 aromatic carbocycles. The predicted molar refractivity (Wildman–Crippen MR) is 111 cm³/mol. The number of nitriles is 1. The van der Waals surface area contributed by atoms with Gasteiger partial charge < -0.3 is 19.5 Å². The molecule has 1 aromatic heterocycles. The Kier molecular flexibility index (Phi) is 7.46. The summed E-state index contributed by atoms with van der Waals surface area (Å²) in [6.45, 7) is 1.14. The molecule has 13 heteroatoms. The number of phenolic OH excluding ortho intramolecular Hbond substituents is 2. The number of nitro groups is 1. The van der Waals surface area contributed by atoms with E-state index < -0.39 is 40.1 Å². The van der Waals surface area contributed by atoms with E-state index in [1.54, 1.807) is 6.92 Å². The van der Waals surface area contributed by atoms with Crippen molar-refractivity contribution in [1.82, 2.24) is 9.99 Å². The van der Waals surface area contributed by atoms with Gasteiger partial charge in [-0.15, -0.1) is 0 Å². The third-order valence-corrected chi connectivity index (χ3v) is 5.22. The van der Waals surface area contributed by atoms with Crippen molar-refractivity contribution in [2.45, 2.75) is 20.1 Å². The number of carbonyl (C=O) groups excluding carboxylic acids is 1. The zero-order chi connectivity index (χ0) is 23.3. The van der Waals surface area contributed by atoms with Gasteiger partial charge in [0.25, 0.3) is 11.5 Å². The first-order chi connectivity index (χ1) is 14.6. The fraction of sp³-hybridized carbons (Fsp3) is 0.222. The summed E-state index contributed by atoms with van der Waals surface area (Å²) in [4.78, 5) is 34.8. The molecule has 0 saturated carbocycles. The summed E-state index contributed by atoms with van der Waals surface area (Å²) in [7, 11) is 1.42. The standard InChI is InChI=1S/C18H16BrN5O7/c1-9-17(19)12(8-31-2)11(5-20)18(28)23(9)7-16(27)22-21-6-10-3-13(24(29)30)15(26)4-14(10)25/h3-4,6,25-26H,7-8H2,1-2H3,(H,22,27)/b21-6+. The highest BCUT2D eigenvalue weighted by Crippen LogP contribution is 2.32. The average Bonchev–Trinajstić information content (AvgIpc) is 2.71. The molecule has 0 aliphatic heterocycles. The Labute approximate surface area is 183 Å². The maximum Gasteiger partial charge on any atom is 0.311 e. The molecule has 1 heterocycles. The summed E-state index contributed by atoms with van der Waals surface area (Å²) in [6.07, 6.45) is 0.938. The first kappa shape index (κ1) is 23.5. The zero-order valence-electron chi connectivity index (χ0n) is 16.2. The van der Waals surface area contributed by atoms with Crippen LogP contribution in [0.25, 0.3) is 0 Å². The van der Waals surface area contributed by atoms with E-state index in [2.05, 4.69) is 26.5 Å². The van der Waals surface area contributed by atoms with Crippen LogP contribution in [0.5, 0.6) is 11.5 Å². The van der Waals surface area contributed by atoms with E-state index in [1.807, 2.05) is 6.07 Å². The van der Waals surface area contributed by atoms with Crippen molar-refractivity contribution in [1.29, 1.82) is 5.26 Å². The lowest BCUT2D eigenvalue weighted by Gasteiger charge is -2.15. The second kappa shape index (κ2) is 9.83. The Hall–Kier alpha value is -3.76. The van der Waals surface area contributed by atoms with Crippen molar-refractivity contribution in [3.63, 3.8) is 0 Å². The number of aromatic hydroxyl groups is 2.